The Morgan fingerprint density at radius 3 is 2.63 bits per heavy atom. The Kier molecular flexibility index (Phi) is 9.10. The first-order valence-electron chi connectivity index (χ1n) is 15.2. The molecule has 0 aromatic carbocycles. The van der Waals surface area contributed by atoms with Crippen LogP contribution in [0.25, 0.3) is 0 Å². The number of pyridine rings is 1. The minimum Gasteiger partial charge on any atom is -0.326 e. The molecule has 4 saturated heterocycles. The van der Waals surface area contributed by atoms with Gasteiger partial charge < -0.3 is 5.73 Å². The molecular weight excluding hydrogens is 490 g/mol. The van der Waals surface area contributed by atoms with Gasteiger partial charge in [-0.1, -0.05) is 38.8 Å². The Morgan fingerprint density at radius 1 is 1.05 bits per heavy atom. The summed E-state index contributed by atoms with van der Waals surface area (Å²) >= 11 is 1.91. The van der Waals surface area contributed by atoms with Crippen molar-refractivity contribution >= 4 is 11.9 Å². The van der Waals surface area contributed by atoms with E-state index in [9.17, 15) is 0 Å². The Morgan fingerprint density at radius 2 is 1.89 bits per heavy atom. The van der Waals surface area contributed by atoms with Crippen LogP contribution < -0.4 is 26.4 Å². The molecule has 8 atom stereocenters. The third-order valence-corrected chi connectivity index (χ3v) is 10.7. The average molecular weight is 544 g/mol. The molecule has 5 rings (SSSR count). The molecule has 0 radical (unpaired) electrons. The fourth-order valence-electron chi connectivity index (χ4n) is 7.41. The predicted octanol–water partition coefficient (Wildman–Crippen LogP) is 4.47. The van der Waals surface area contributed by atoms with Gasteiger partial charge in [0.25, 0.3) is 0 Å². The van der Waals surface area contributed by atoms with Crippen LogP contribution in [0.5, 0.6) is 0 Å². The monoisotopic (exact) mass is 543 g/mol. The van der Waals surface area contributed by atoms with Crippen molar-refractivity contribution in [3.63, 3.8) is 0 Å². The van der Waals surface area contributed by atoms with Crippen LogP contribution >= 0.6 is 11.9 Å². The summed E-state index contributed by atoms with van der Waals surface area (Å²) in [6.07, 6.45) is 12.5. The van der Waals surface area contributed by atoms with E-state index in [-0.39, 0.29) is 17.0 Å². The van der Waals surface area contributed by atoms with Crippen molar-refractivity contribution in [1.82, 2.24) is 30.6 Å². The number of nitrogens with two attached hydrogens (primary N) is 1. The molecule has 0 amide bonds. The highest BCUT2D eigenvalue weighted by molar-refractivity contribution is 7.98. The van der Waals surface area contributed by atoms with Gasteiger partial charge in [-0.15, -0.1) is 0 Å². The van der Waals surface area contributed by atoms with E-state index in [4.69, 9.17) is 10.7 Å². The van der Waals surface area contributed by atoms with Crippen LogP contribution in [0, 0.1) is 17.3 Å². The smallest absolute Gasteiger partial charge is 0.0690 e. The molecule has 0 saturated carbocycles. The van der Waals surface area contributed by atoms with Crippen molar-refractivity contribution in [3.8, 4) is 0 Å². The van der Waals surface area contributed by atoms with Gasteiger partial charge in [0.1, 0.15) is 0 Å². The Bertz CT molecular complexity index is 901. The SMILES string of the molecule is CC(C)(C)C1CCC2CNSC3CCCC(N3)NC(c3ccc(CN)cn3)CC[C@@H]3CN(C2N1)C(C)(C)C3. The van der Waals surface area contributed by atoms with Crippen molar-refractivity contribution in [3.05, 3.63) is 29.6 Å². The van der Waals surface area contributed by atoms with E-state index < -0.39 is 0 Å². The fourth-order valence-corrected chi connectivity index (χ4v) is 8.43. The second kappa shape index (κ2) is 12.0. The molecule has 4 aliphatic heterocycles. The standard InChI is InChI=1S/C30H53N7S/c1-29(2,3)25-14-11-22-18-33-38-27-8-6-7-26(36-27)34-24(23-12-10-21(16-31)17-32-23)13-9-20-15-30(4,5)37(19-20)28(22)35-25/h10,12,17,20,22,24-28,33-36H,6-9,11,13-16,18-19,31H2,1-5H3/t20-,22?,24?,25?,26?,27?,28?/m0/s1. The number of nitrogens with zero attached hydrogens (tertiary/aromatic N) is 2. The van der Waals surface area contributed by atoms with Gasteiger partial charge in [-0.3, -0.25) is 30.6 Å². The Balaban J connectivity index is 1.39. The molecule has 4 aliphatic rings. The molecule has 6 N–H and O–H groups in total. The minimum absolute atomic E-state index is 0.201. The van der Waals surface area contributed by atoms with Crippen LogP contribution in [0.4, 0.5) is 0 Å². The van der Waals surface area contributed by atoms with Gasteiger partial charge in [0.15, 0.2) is 0 Å². The molecule has 7 unspecified atom stereocenters. The highest BCUT2D eigenvalue weighted by atomic mass is 32.2. The van der Waals surface area contributed by atoms with Crippen LogP contribution in [0.2, 0.25) is 0 Å². The van der Waals surface area contributed by atoms with Gasteiger partial charge in [0, 0.05) is 43.3 Å². The predicted molar refractivity (Wildman–Crippen MR) is 159 cm³/mol. The lowest BCUT2D eigenvalue weighted by atomic mass is 9.78. The van der Waals surface area contributed by atoms with Crippen molar-refractivity contribution in [2.24, 2.45) is 23.0 Å². The molecular formula is C30H53N7S. The van der Waals surface area contributed by atoms with E-state index in [0.717, 1.165) is 24.2 Å². The van der Waals surface area contributed by atoms with Crippen molar-refractivity contribution in [1.29, 1.82) is 0 Å². The summed E-state index contributed by atoms with van der Waals surface area (Å²) in [6.45, 7) is 14.9. The first-order chi connectivity index (χ1) is 18.1. The van der Waals surface area contributed by atoms with E-state index in [2.05, 4.69) is 72.3 Å². The van der Waals surface area contributed by atoms with Gasteiger partial charge in [0.05, 0.1) is 29.4 Å². The Labute approximate surface area is 235 Å². The molecule has 1 aromatic rings. The van der Waals surface area contributed by atoms with Crippen LogP contribution in [-0.2, 0) is 6.54 Å². The molecule has 7 nitrogen and oxygen atoms in total. The number of aromatic nitrogens is 1. The summed E-state index contributed by atoms with van der Waals surface area (Å²) in [5, 5.41) is 12.5. The van der Waals surface area contributed by atoms with Gasteiger partial charge >= 0.3 is 0 Å². The van der Waals surface area contributed by atoms with Gasteiger partial charge in [-0.25, -0.2) is 0 Å². The lowest BCUT2D eigenvalue weighted by Crippen LogP contribution is -2.63. The molecule has 0 spiro atoms. The molecule has 4 fully saturated rings. The maximum atomic E-state index is 5.86. The van der Waals surface area contributed by atoms with E-state index in [0.29, 0.717) is 42.1 Å². The van der Waals surface area contributed by atoms with E-state index in [1.54, 1.807) is 0 Å². The zero-order chi connectivity index (χ0) is 26.9. The van der Waals surface area contributed by atoms with Crippen molar-refractivity contribution in [2.45, 2.75) is 128 Å². The summed E-state index contributed by atoms with van der Waals surface area (Å²) in [6, 6.07) is 5.16. The zero-order valence-corrected chi connectivity index (χ0v) is 25.2. The van der Waals surface area contributed by atoms with Crippen molar-refractivity contribution in [2.75, 3.05) is 13.1 Å². The number of hydrogen-bond acceptors (Lipinski definition) is 8. The molecule has 8 heteroatoms. The van der Waals surface area contributed by atoms with Gasteiger partial charge in [-0.05, 0) is 88.2 Å². The fraction of sp³-hybridized carbons (Fsp3) is 0.833. The number of fused-ring (bicyclic) bond motifs is 6. The number of piperidine rings is 2. The topological polar surface area (TPSA) is 90.3 Å². The number of rotatable bonds is 2. The molecule has 1 aromatic heterocycles. The van der Waals surface area contributed by atoms with Crippen LogP contribution in [-0.4, -0.2) is 52.3 Å². The normalized spacial score (nSPS) is 38.6. The molecule has 214 valence electrons. The van der Waals surface area contributed by atoms with Crippen LogP contribution in [0.3, 0.4) is 0 Å². The maximum Gasteiger partial charge on any atom is 0.0690 e. The lowest BCUT2D eigenvalue weighted by molar-refractivity contribution is 0.00552. The zero-order valence-electron chi connectivity index (χ0n) is 24.4. The molecule has 0 aliphatic carbocycles. The molecule has 38 heavy (non-hydrogen) atoms. The summed E-state index contributed by atoms with van der Waals surface area (Å²) < 4.78 is 3.84. The Hall–Kier alpha value is -0.740. The highest BCUT2D eigenvalue weighted by Gasteiger charge is 2.47. The number of hydrogen-bond donors (Lipinski definition) is 5. The summed E-state index contributed by atoms with van der Waals surface area (Å²) in [7, 11) is 0. The molecule has 4 bridgehead atoms. The second-order valence-electron chi connectivity index (χ2n) is 14.1. The van der Waals surface area contributed by atoms with Crippen LogP contribution in [0.15, 0.2) is 18.3 Å². The first-order valence-corrected chi connectivity index (χ1v) is 16.1. The van der Waals surface area contributed by atoms with E-state index in [1.807, 2.05) is 18.1 Å². The largest absolute Gasteiger partial charge is 0.326 e. The van der Waals surface area contributed by atoms with Crippen molar-refractivity contribution < 1.29 is 0 Å². The highest BCUT2D eigenvalue weighted by Crippen LogP contribution is 2.41. The van der Waals surface area contributed by atoms with Crippen LogP contribution in [0.1, 0.15) is 103 Å². The van der Waals surface area contributed by atoms with E-state index >= 15 is 0 Å². The first kappa shape index (κ1) is 28.8. The van der Waals surface area contributed by atoms with E-state index in [1.165, 1.54) is 51.5 Å². The van der Waals surface area contributed by atoms with Gasteiger partial charge in [0.2, 0.25) is 0 Å². The quantitative estimate of drug-likeness (QED) is 0.349. The average Bonchev–Trinajstić information content (AvgIpc) is 3.19. The summed E-state index contributed by atoms with van der Waals surface area (Å²) in [5.74, 6) is 1.33. The summed E-state index contributed by atoms with van der Waals surface area (Å²) in [5.41, 5.74) is 8.59. The minimum atomic E-state index is 0.201. The third kappa shape index (κ3) is 6.76. The maximum absolute atomic E-state index is 5.86. The lowest BCUT2D eigenvalue weighted by Gasteiger charge is -2.50. The second-order valence-corrected chi connectivity index (χ2v) is 15.2. The molecule has 5 heterocycles. The van der Waals surface area contributed by atoms with Gasteiger partial charge in [-0.2, -0.15) is 0 Å². The summed E-state index contributed by atoms with van der Waals surface area (Å²) in [4.78, 5) is 7.71. The number of nitrogens with one attached hydrogen (secondary N) is 4. The third-order valence-electron chi connectivity index (χ3n) is 9.67.